The monoisotopic (exact) mass is 192 g/mol. The first-order valence-corrected chi connectivity index (χ1v) is 5.05. The summed E-state index contributed by atoms with van der Waals surface area (Å²) in [7, 11) is 0. The van der Waals surface area contributed by atoms with E-state index in [2.05, 4.69) is 4.98 Å². The SMILES string of the molecule is NCC1(c2ccncc2)CCC(O)C1. The molecule has 0 bridgehead atoms. The van der Waals surface area contributed by atoms with Crippen LogP contribution < -0.4 is 5.73 Å². The van der Waals surface area contributed by atoms with Crippen molar-refractivity contribution in [1.82, 2.24) is 4.98 Å². The molecular formula is C11H16N2O. The molecule has 1 aromatic heterocycles. The van der Waals surface area contributed by atoms with E-state index in [1.165, 1.54) is 5.56 Å². The van der Waals surface area contributed by atoms with Gasteiger partial charge in [-0.2, -0.15) is 0 Å². The van der Waals surface area contributed by atoms with Gasteiger partial charge in [-0.1, -0.05) is 0 Å². The van der Waals surface area contributed by atoms with Crippen molar-refractivity contribution in [2.24, 2.45) is 5.73 Å². The van der Waals surface area contributed by atoms with Gasteiger partial charge in [-0.05, 0) is 37.0 Å². The number of pyridine rings is 1. The molecule has 1 heterocycles. The van der Waals surface area contributed by atoms with Gasteiger partial charge in [0.25, 0.3) is 0 Å². The molecule has 0 aromatic carbocycles. The summed E-state index contributed by atoms with van der Waals surface area (Å²) in [5.41, 5.74) is 7.03. The maximum atomic E-state index is 9.59. The fourth-order valence-corrected chi connectivity index (χ4v) is 2.37. The summed E-state index contributed by atoms with van der Waals surface area (Å²) in [4.78, 5) is 4.00. The van der Waals surface area contributed by atoms with E-state index >= 15 is 0 Å². The molecule has 0 radical (unpaired) electrons. The van der Waals surface area contributed by atoms with Crippen LogP contribution in [0, 0.1) is 0 Å². The van der Waals surface area contributed by atoms with Gasteiger partial charge in [-0.25, -0.2) is 0 Å². The molecule has 1 saturated carbocycles. The third kappa shape index (κ3) is 1.53. The standard InChI is InChI=1S/C11H16N2O/c12-8-11(4-1-10(14)7-11)9-2-5-13-6-3-9/h2-3,5-6,10,14H,1,4,7-8,12H2. The number of hydrogen-bond acceptors (Lipinski definition) is 3. The van der Waals surface area contributed by atoms with Crippen LogP contribution in [-0.4, -0.2) is 22.7 Å². The smallest absolute Gasteiger partial charge is 0.0549 e. The minimum Gasteiger partial charge on any atom is -0.393 e. The zero-order valence-electron chi connectivity index (χ0n) is 8.19. The minimum atomic E-state index is -0.188. The zero-order chi connectivity index (χ0) is 10.0. The van der Waals surface area contributed by atoms with E-state index < -0.39 is 0 Å². The average molecular weight is 192 g/mol. The quantitative estimate of drug-likeness (QED) is 0.729. The summed E-state index contributed by atoms with van der Waals surface area (Å²) in [5, 5.41) is 9.59. The van der Waals surface area contributed by atoms with Gasteiger partial charge in [0.1, 0.15) is 0 Å². The van der Waals surface area contributed by atoms with Crippen LogP contribution in [0.3, 0.4) is 0 Å². The Kier molecular flexibility index (Phi) is 2.52. The molecule has 2 unspecified atom stereocenters. The van der Waals surface area contributed by atoms with Gasteiger partial charge < -0.3 is 10.8 Å². The van der Waals surface area contributed by atoms with Gasteiger partial charge >= 0.3 is 0 Å². The second-order valence-electron chi connectivity index (χ2n) is 4.12. The van der Waals surface area contributed by atoms with Crippen molar-refractivity contribution < 1.29 is 5.11 Å². The van der Waals surface area contributed by atoms with Crippen molar-refractivity contribution in [3.63, 3.8) is 0 Å². The molecule has 1 aliphatic rings. The summed E-state index contributed by atoms with van der Waals surface area (Å²) < 4.78 is 0. The van der Waals surface area contributed by atoms with E-state index in [0.717, 1.165) is 19.3 Å². The highest BCUT2D eigenvalue weighted by atomic mass is 16.3. The van der Waals surface area contributed by atoms with Crippen molar-refractivity contribution in [2.75, 3.05) is 6.54 Å². The van der Waals surface area contributed by atoms with E-state index in [0.29, 0.717) is 6.54 Å². The van der Waals surface area contributed by atoms with E-state index in [1.54, 1.807) is 12.4 Å². The summed E-state index contributed by atoms with van der Waals surface area (Å²) in [6.45, 7) is 0.605. The van der Waals surface area contributed by atoms with Gasteiger partial charge in [0.05, 0.1) is 6.10 Å². The lowest BCUT2D eigenvalue weighted by atomic mass is 9.79. The van der Waals surface area contributed by atoms with Crippen LogP contribution in [0.1, 0.15) is 24.8 Å². The summed E-state index contributed by atoms with van der Waals surface area (Å²) in [6.07, 6.45) is 6.02. The largest absolute Gasteiger partial charge is 0.393 e. The first-order valence-electron chi connectivity index (χ1n) is 5.05. The normalized spacial score (nSPS) is 32.0. The maximum absolute atomic E-state index is 9.59. The molecule has 3 nitrogen and oxygen atoms in total. The highest BCUT2D eigenvalue weighted by molar-refractivity contribution is 5.25. The summed E-state index contributed by atoms with van der Waals surface area (Å²) in [5.74, 6) is 0. The zero-order valence-corrected chi connectivity index (χ0v) is 8.19. The van der Waals surface area contributed by atoms with E-state index in [4.69, 9.17) is 5.73 Å². The molecule has 2 rings (SSSR count). The number of aliphatic hydroxyl groups is 1. The molecule has 3 heteroatoms. The van der Waals surface area contributed by atoms with Gasteiger partial charge in [0.2, 0.25) is 0 Å². The Morgan fingerprint density at radius 3 is 2.71 bits per heavy atom. The van der Waals surface area contributed by atoms with Gasteiger partial charge in [-0.15, -0.1) is 0 Å². The fourth-order valence-electron chi connectivity index (χ4n) is 2.37. The Labute approximate surface area is 84.0 Å². The molecule has 14 heavy (non-hydrogen) atoms. The van der Waals surface area contributed by atoms with Gasteiger partial charge in [0.15, 0.2) is 0 Å². The average Bonchev–Trinajstić information content (AvgIpc) is 2.63. The lowest BCUT2D eigenvalue weighted by Crippen LogP contribution is -2.33. The Bertz CT molecular complexity index is 301. The molecule has 0 spiro atoms. The number of nitrogens with two attached hydrogens (primary N) is 1. The van der Waals surface area contributed by atoms with Crippen LogP contribution in [0.4, 0.5) is 0 Å². The number of hydrogen-bond donors (Lipinski definition) is 2. The minimum absolute atomic E-state index is 0.0116. The van der Waals surface area contributed by atoms with Crippen LogP contribution in [0.25, 0.3) is 0 Å². The fraction of sp³-hybridized carbons (Fsp3) is 0.545. The topological polar surface area (TPSA) is 59.1 Å². The second-order valence-corrected chi connectivity index (χ2v) is 4.12. The molecule has 0 saturated heterocycles. The Hall–Kier alpha value is -0.930. The Balaban J connectivity index is 2.30. The highest BCUT2D eigenvalue weighted by Crippen LogP contribution is 2.39. The summed E-state index contributed by atoms with van der Waals surface area (Å²) in [6, 6.07) is 4.01. The number of aliphatic hydroxyl groups excluding tert-OH is 1. The molecule has 1 fully saturated rings. The van der Waals surface area contributed by atoms with Crippen molar-refractivity contribution in [2.45, 2.75) is 30.8 Å². The second kappa shape index (κ2) is 3.67. The molecule has 3 N–H and O–H groups in total. The number of rotatable bonds is 2. The third-order valence-corrected chi connectivity index (χ3v) is 3.27. The molecule has 1 aliphatic carbocycles. The number of aromatic nitrogens is 1. The van der Waals surface area contributed by atoms with E-state index in [9.17, 15) is 5.11 Å². The van der Waals surface area contributed by atoms with Crippen molar-refractivity contribution in [3.8, 4) is 0 Å². The number of nitrogens with zero attached hydrogens (tertiary/aromatic N) is 1. The molecule has 76 valence electrons. The lowest BCUT2D eigenvalue weighted by molar-refractivity contribution is 0.174. The molecule has 1 aromatic rings. The predicted molar refractivity (Wildman–Crippen MR) is 54.8 cm³/mol. The molecule has 0 aliphatic heterocycles. The van der Waals surface area contributed by atoms with E-state index in [1.807, 2.05) is 12.1 Å². The van der Waals surface area contributed by atoms with Gasteiger partial charge in [-0.3, -0.25) is 4.98 Å². The Morgan fingerprint density at radius 2 is 2.21 bits per heavy atom. The first kappa shape index (κ1) is 9.62. The molecule has 2 atom stereocenters. The van der Waals surface area contributed by atoms with Crippen molar-refractivity contribution in [1.29, 1.82) is 0 Å². The summed E-state index contributed by atoms with van der Waals surface area (Å²) >= 11 is 0. The van der Waals surface area contributed by atoms with Crippen LogP contribution in [0.2, 0.25) is 0 Å². The predicted octanol–water partition coefficient (Wildman–Crippen LogP) is 0.823. The highest BCUT2D eigenvalue weighted by Gasteiger charge is 2.38. The van der Waals surface area contributed by atoms with E-state index in [-0.39, 0.29) is 11.5 Å². The van der Waals surface area contributed by atoms with Crippen LogP contribution in [-0.2, 0) is 5.41 Å². The third-order valence-electron chi connectivity index (χ3n) is 3.27. The molecule has 0 amide bonds. The maximum Gasteiger partial charge on any atom is 0.0549 e. The van der Waals surface area contributed by atoms with Crippen molar-refractivity contribution >= 4 is 0 Å². The first-order chi connectivity index (χ1) is 6.77. The molecular weight excluding hydrogens is 176 g/mol. The van der Waals surface area contributed by atoms with Crippen molar-refractivity contribution in [3.05, 3.63) is 30.1 Å². The van der Waals surface area contributed by atoms with Crippen LogP contribution >= 0.6 is 0 Å². The van der Waals surface area contributed by atoms with Crippen LogP contribution in [0.15, 0.2) is 24.5 Å². The van der Waals surface area contributed by atoms with Gasteiger partial charge in [0, 0.05) is 24.4 Å². The van der Waals surface area contributed by atoms with Crippen LogP contribution in [0.5, 0.6) is 0 Å². The Morgan fingerprint density at radius 1 is 1.50 bits per heavy atom. The lowest BCUT2D eigenvalue weighted by Gasteiger charge is -2.27.